The molecule has 1 aromatic carbocycles. The minimum atomic E-state index is -0.526. The summed E-state index contributed by atoms with van der Waals surface area (Å²) in [7, 11) is 0. The maximum absolute atomic E-state index is 13.1. The van der Waals surface area contributed by atoms with E-state index in [2.05, 4.69) is 24.8 Å². The molecule has 5 heteroatoms. The fourth-order valence-corrected chi connectivity index (χ4v) is 3.66. The first kappa shape index (κ1) is 15.7. The lowest BCUT2D eigenvalue weighted by Crippen LogP contribution is -2.45. The number of fused-ring (bicyclic) bond motifs is 2. The summed E-state index contributed by atoms with van der Waals surface area (Å²) in [4.78, 5) is 28.3. The third-order valence-corrected chi connectivity index (χ3v) is 4.78. The van der Waals surface area contributed by atoms with Crippen LogP contribution in [0.2, 0.25) is 0 Å². The molecule has 0 saturated carbocycles. The second-order valence-electron chi connectivity index (χ2n) is 6.72. The summed E-state index contributed by atoms with van der Waals surface area (Å²) in [5, 5.41) is 0. The van der Waals surface area contributed by atoms with Gasteiger partial charge in [-0.3, -0.25) is 14.5 Å². The third-order valence-electron chi connectivity index (χ3n) is 4.78. The van der Waals surface area contributed by atoms with Crippen molar-refractivity contribution in [3.05, 3.63) is 41.5 Å². The van der Waals surface area contributed by atoms with E-state index in [1.54, 1.807) is 4.90 Å². The molecule has 1 saturated heterocycles. The number of anilines is 1. The van der Waals surface area contributed by atoms with Gasteiger partial charge in [-0.2, -0.15) is 0 Å². The molecule has 23 heavy (non-hydrogen) atoms. The summed E-state index contributed by atoms with van der Waals surface area (Å²) in [6.45, 7) is 6.55. The van der Waals surface area contributed by atoms with Crippen LogP contribution in [0, 0.1) is 0 Å². The van der Waals surface area contributed by atoms with E-state index in [1.165, 1.54) is 5.57 Å². The third kappa shape index (κ3) is 2.65. The maximum atomic E-state index is 13.1. The number of hydrogen-bond donors (Lipinski definition) is 1. The monoisotopic (exact) mass is 313 g/mol. The van der Waals surface area contributed by atoms with Crippen LogP contribution in [0.3, 0.4) is 0 Å². The van der Waals surface area contributed by atoms with Crippen LogP contribution in [-0.4, -0.2) is 42.9 Å². The summed E-state index contributed by atoms with van der Waals surface area (Å²) in [5.74, 6) is -0.471. The lowest BCUT2D eigenvalue weighted by atomic mass is 9.81. The number of allylic oxidation sites excluding steroid dienone is 1. The summed E-state index contributed by atoms with van der Waals surface area (Å²) in [6, 6.07) is 7.78. The SMILES string of the molecule is CC(C)=CCN1CC[C@]2(C1)C(=O)N(CC(N)=O)c1ccccc12. The Hall–Kier alpha value is -2.14. The molecule has 1 spiro atoms. The average Bonchev–Trinajstić information content (AvgIpc) is 3.03. The first-order valence-electron chi connectivity index (χ1n) is 7.99. The van der Waals surface area contributed by atoms with Crippen molar-refractivity contribution in [2.45, 2.75) is 25.7 Å². The van der Waals surface area contributed by atoms with Gasteiger partial charge in [0.1, 0.15) is 6.54 Å². The van der Waals surface area contributed by atoms with E-state index >= 15 is 0 Å². The van der Waals surface area contributed by atoms with E-state index < -0.39 is 11.3 Å². The number of primary amides is 1. The minimum Gasteiger partial charge on any atom is -0.368 e. The zero-order valence-electron chi connectivity index (χ0n) is 13.7. The van der Waals surface area contributed by atoms with Gasteiger partial charge < -0.3 is 10.6 Å². The van der Waals surface area contributed by atoms with Gasteiger partial charge in [-0.15, -0.1) is 0 Å². The molecular formula is C18H23N3O2. The van der Waals surface area contributed by atoms with Gasteiger partial charge in [0.15, 0.2) is 0 Å². The molecule has 0 aromatic heterocycles. The lowest BCUT2D eigenvalue weighted by molar-refractivity contribution is -0.125. The van der Waals surface area contributed by atoms with Gasteiger partial charge in [0.25, 0.3) is 0 Å². The Morgan fingerprint density at radius 3 is 2.78 bits per heavy atom. The molecule has 0 aliphatic carbocycles. The highest BCUT2D eigenvalue weighted by Gasteiger charge is 2.54. The molecule has 122 valence electrons. The molecule has 1 aromatic rings. The Kier molecular flexibility index (Phi) is 3.98. The Balaban J connectivity index is 1.92. The minimum absolute atomic E-state index is 0.0113. The molecule has 2 aliphatic heterocycles. The number of para-hydroxylation sites is 1. The molecule has 3 rings (SSSR count). The number of amides is 2. The fraction of sp³-hybridized carbons (Fsp3) is 0.444. The summed E-state index contributed by atoms with van der Waals surface area (Å²) >= 11 is 0. The highest BCUT2D eigenvalue weighted by molar-refractivity contribution is 6.11. The van der Waals surface area contributed by atoms with Crippen molar-refractivity contribution < 1.29 is 9.59 Å². The molecule has 1 atom stereocenters. The van der Waals surface area contributed by atoms with Gasteiger partial charge in [-0.05, 0) is 38.4 Å². The van der Waals surface area contributed by atoms with Crippen molar-refractivity contribution in [1.82, 2.24) is 4.90 Å². The topological polar surface area (TPSA) is 66.6 Å². The number of carbonyl (C=O) groups is 2. The Morgan fingerprint density at radius 1 is 1.35 bits per heavy atom. The van der Waals surface area contributed by atoms with Crippen LogP contribution in [-0.2, 0) is 15.0 Å². The molecule has 0 unspecified atom stereocenters. The Bertz CT molecular complexity index is 679. The number of nitrogens with zero attached hydrogens (tertiary/aromatic N) is 2. The first-order valence-corrected chi connectivity index (χ1v) is 7.99. The van der Waals surface area contributed by atoms with Gasteiger partial charge in [-0.1, -0.05) is 29.8 Å². The molecule has 2 aliphatic rings. The van der Waals surface area contributed by atoms with Crippen LogP contribution in [0.5, 0.6) is 0 Å². The Labute approximate surface area is 136 Å². The first-order chi connectivity index (χ1) is 10.9. The highest BCUT2D eigenvalue weighted by atomic mass is 16.2. The number of likely N-dealkylation sites (tertiary alicyclic amines) is 1. The molecular weight excluding hydrogens is 290 g/mol. The predicted octanol–water partition coefficient (Wildman–Crippen LogP) is 1.43. The molecule has 5 nitrogen and oxygen atoms in total. The molecule has 2 heterocycles. The zero-order chi connectivity index (χ0) is 16.6. The number of nitrogens with two attached hydrogens (primary N) is 1. The van der Waals surface area contributed by atoms with E-state index in [4.69, 9.17) is 5.73 Å². The molecule has 2 N–H and O–H groups in total. The van der Waals surface area contributed by atoms with E-state index in [1.807, 2.05) is 24.3 Å². The summed E-state index contributed by atoms with van der Waals surface area (Å²) in [5.41, 5.74) is 7.95. The summed E-state index contributed by atoms with van der Waals surface area (Å²) in [6.07, 6.45) is 2.97. The zero-order valence-corrected chi connectivity index (χ0v) is 13.7. The average molecular weight is 313 g/mol. The summed E-state index contributed by atoms with van der Waals surface area (Å²) < 4.78 is 0. The lowest BCUT2D eigenvalue weighted by Gasteiger charge is -2.24. The van der Waals surface area contributed by atoms with Crippen LogP contribution in [0.1, 0.15) is 25.8 Å². The van der Waals surface area contributed by atoms with Crippen molar-refractivity contribution in [1.29, 1.82) is 0 Å². The van der Waals surface area contributed by atoms with E-state index in [0.717, 1.165) is 30.8 Å². The van der Waals surface area contributed by atoms with Gasteiger partial charge in [0, 0.05) is 18.8 Å². The number of rotatable bonds is 4. The van der Waals surface area contributed by atoms with Crippen LogP contribution >= 0.6 is 0 Å². The quantitative estimate of drug-likeness (QED) is 0.855. The smallest absolute Gasteiger partial charge is 0.239 e. The second kappa shape index (κ2) is 5.81. The standard InChI is InChI=1S/C18H23N3O2/c1-13(2)7-9-20-10-8-18(12-20)14-5-3-4-6-15(14)21(17(18)23)11-16(19)22/h3-7H,8-12H2,1-2H3,(H2,19,22)/t18-/m1/s1. The van der Waals surface area contributed by atoms with Gasteiger partial charge in [0.05, 0.1) is 5.41 Å². The second-order valence-corrected chi connectivity index (χ2v) is 6.72. The highest BCUT2D eigenvalue weighted by Crippen LogP contribution is 2.47. The van der Waals surface area contributed by atoms with Crippen LogP contribution < -0.4 is 10.6 Å². The fourth-order valence-electron chi connectivity index (χ4n) is 3.66. The van der Waals surface area contributed by atoms with E-state index in [9.17, 15) is 9.59 Å². The van der Waals surface area contributed by atoms with Crippen molar-refractivity contribution in [3.8, 4) is 0 Å². The number of benzene rings is 1. The van der Waals surface area contributed by atoms with Gasteiger partial charge >= 0.3 is 0 Å². The Morgan fingerprint density at radius 2 is 2.09 bits per heavy atom. The van der Waals surface area contributed by atoms with Crippen molar-refractivity contribution in [2.75, 3.05) is 31.1 Å². The molecule has 1 fully saturated rings. The van der Waals surface area contributed by atoms with Crippen molar-refractivity contribution in [2.24, 2.45) is 5.73 Å². The normalized spacial score (nSPS) is 23.4. The molecule has 2 amide bonds. The molecule has 0 bridgehead atoms. The van der Waals surface area contributed by atoms with Gasteiger partial charge in [-0.25, -0.2) is 0 Å². The molecule has 0 radical (unpaired) electrons. The van der Waals surface area contributed by atoms with Crippen LogP contribution in [0.15, 0.2) is 35.9 Å². The number of carbonyl (C=O) groups excluding carboxylic acids is 2. The maximum Gasteiger partial charge on any atom is 0.239 e. The predicted molar refractivity (Wildman–Crippen MR) is 90.2 cm³/mol. The van der Waals surface area contributed by atoms with E-state index in [-0.39, 0.29) is 12.5 Å². The van der Waals surface area contributed by atoms with Crippen LogP contribution in [0.25, 0.3) is 0 Å². The van der Waals surface area contributed by atoms with Crippen molar-refractivity contribution >= 4 is 17.5 Å². The van der Waals surface area contributed by atoms with E-state index in [0.29, 0.717) is 6.54 Å². The largest absolute Gasteiger partial charge is 0.368 e. The van der Waals surface area contributed by atoms with Gasteiger partial charge in [0.2, 0.25) is 11.8 Å². The van der Waals surface area contributed by atoms with Crippen LogP contribution in [0.4, 0.5) is 5.69 Å². The number of hydrogen-bond acceptors (Lipinski definition) is 3. The van der Waals surface area contributed by atoms with Crippen molar-refractivity contribution in [3.63, 3.8) is 0 Å².